The van der Waals surface area contributed by atoms with Gasteiger partial charge < -0.3 is 10.1 Å². The highest BCUT2D eigenvalue weighted by Crippen LogP contribution is 2.28. The number of aromatic nitrogens is 4. The van der Waals surface area contributed by atoms with E-state index in [1.54, 1.807) is 30.8 Å². The minimum atomic E-state index is -0.399. The van der Waals surface area contributed by atoms with Crippen molar-refractivity contribution in [2.45, 2.75) is 30.7 Å². The van der Waals surface area contributed by atoms with Crippen molar-refractivity contribution in [1.29, 1.82) is 0 Å². The summed E-state index contributed by atoms with van der Waals surface area (Å²) in [5.74, 6) is 0.245. The fraction of sp³-hybridized carbons (Fsp3) is 0.300. The van der Waals surface area contributed by atoms with Crippen LogP contribution in [-0.2, 0) is 11.2 Å². The van der Waals surface area contributed by atoms with E-state index in [1.807, 2.05) is 25.1 Å². The van der Waals surface area contributed by atoms with Crippen LogP contribution in [0.1, 0.15) is 18.1 Å². The largest absolute Gasteiger partial charge is 0.494 e. The van der Waals surface area contributed by atoms with Gasteiger partial charge in [-0.25, -0.2) is 4.39 Å². The first kappa shape index (κ1) is 20.8. The molecule has 1 N–H and O–H groups in total. The Balaban J connectivity index is 1.62. The number of methoxy groups -OCH3 is 1. The highest BCUT2D eigenvalue weighted by atomic mass is 32.2. The van der Waals surface area contributed by atoms with Gasteiger partial charge >= 0.3 is 0 Å². The number of hydrogen-bond acceptors (Lipinski definition) is 6. The van der Waals surface area contributed by atoms with Crippen LogP contribution in [0, 0.1) is 12.7 Å². The van der Waals surface area contributed by atoms with Crippen LogP contribution in [0.4, 0.5) is 4.39 Å². The number of halogens is 1. The summed E-state index contributed by atoms with van der Waals surface area (Å²) in [5.41, 5.74) is 2.71. The van der Waals surface area contributed by atoms with Crippen LogP contribution in [0.15, 0.2) is 47.6 Å². The molecule has 9 heteroatoms. The Kier molecular flexibility index (Phi) is 6.82. The van der Waals surface area contributed by atoms with Gasteiger partial charge in [-0.2, -0.15) is 4.68 Å². The molecule has 0 radical (unpaired) electrons. The van der Waals surface area contributed by atoms with Crippen molar-refractivity contribution in [3.05, 3.63) is 59.4 Å². The van der Waals surface area contributed by atoms with Crippen LogP contribution in [0.2, 0.25) is 0 Å². The number of hydrogen-bond donors (Lipinski definition) is 1. The van der Waals surface area contributed by atoms with Gasteiger partial charge in [0.05, 0.1) is 12.4 Å². The lowest BCUT2D eigenvalue weighted by Gasteiger charge is -2.13. The molecule has 152 valence electrons. The van der Waals surface area contributed by atoms with Crippen molar-refractivity contribution < 1.29 is 13.9 Å². The molecule has 0 aliphatic rings. The number of tetrazole rings is 1. The summed E-state index contributed by atoms with van der Waals surface area (Å²) in [4.78, 5) is 12.4. The first-order valence-electron chi connectivity index (χ1n) is 9.10. The number of thioether (sulfide) groups is 1. The summed E-state index contributed by atoms with van der Waals surface area (Å²) < 4.78 is 19.9. The predicted octanol–water partition coefficient (Wildman–Crippen LogP) is 2.96. The van der Waals surface area contributed by atoms with Crippen molar-refractivity contribution in [3.8, 4) is 11.4 Å². The maximum absolute atomic E-state index is 12.9. The Morgan fingerprint density at radius 1 is 1.28 bits per heavy atom. The Labute approximate surface area is 172 Å². The molecule has 1 atom stereocenters. The van der Waals surface area contributed by atoms with Gasteiger partial charge in [0.25, 0.3) is 0 Å². The number of aryl methyl sites for hydroxylation is 1. The SMILES string of the molecule is COc1ccc(C)cc1-n1nnnc1S[C@@H](C)C(=O)NCCc1ccc(F)cc1. The van der Waals surface area contributed by atoms with Crippen molar-refractivity contribution in [2.24, 2.45) is 0 Å². The van der Waals surface area contributed by atoms with Gasteiger partial charge in [0.1, 0.15) is 17.3 Å². The maximum atomic E-state index is 12.9. The molecule has 1 heterocycles. The van der Waals surface area contributed by atoms with Crippen molar-refractivity contribution >= 4 is 17.7 Å². The third-order valence-corrected chi connectivity index (χ3v) is 5.31. The van der Waals surface area contributed by atoms with Crippen molar-refractivity contribution in [1.82, 2.24) is 25.5 Å². The fourth-order valence-electron chi connectivity index (χ4n) is 2.71. The van der Waals surface area contributed by atoms with Gasteiger partial charge in [-0.15, -0.1) is 5.10 Å². The second-order valence-electron chi connectivity index (χ2n) is 6.48. The first-order chi connectivity index (χ1) is 14.0. The Morgan fingerprint density at radius 2 is 2.03 bits per heavy atom. The number of carbonyl (C=O) groups excluding carboxylic acids is 1. The summed E-state index contributed by atoms with van der Waals surface area (Å²) in [5, 5.41) is 14.8. The van der Waals surface area contributed by atoms with Gasteiger partial charge in [0.15, 0.2) is 0 Å². The van der Waals surface area contributed by atoms with E-state index >= 15 is 0 Å². The molecule has 3 aromatic rings. The number of amides is 1. The lowest BCUT2D eigenvalue weighted by Crippen LogP contribution is -2.32. The monoisotopic (exact) mass is 415 g/mol. The standard InChI is InChI=1S/C20H22FN5O2S/c1-13-4-9-18(28-3)17(12-13)26-20(23-24-25-26)29-14(2)19(27)22-11-10-15-5-7-16(21)8-6-15/h4-9,12,14H,10-11H2,1-3H3,(H,22,27)/t14-/m0/s1. The first-order valence-corrected chi connectivity index (χ1v) is 9.98. The van der Waals surface area contributed by atoms with E-state index in [0.717, 1.165) is 11.1 Å². The van der Waals surface area contributed by atoms with E-state index in [2.05, 4.69) is 20.8 Å². The molecule has 0 aliphatic heterocycles. The fourth-order valence-corrected chi connectivity index (χ4v) is 3.53. The number of carbonyl (C=O) groups is 1. The molecular weight excluding hydrogens is 393 g/mol. The molecule has 1 aromatic heterocycles. The van der Waals surface area contributed by atoms with Crippen LogP contribution in [0.25, 0.3) is 5.69 Å². The summed E-state index contributed by atoms with van der Waals surface area (Å²) in [6.07, 6.45) is 0.627. The molecule has 0 aliphatic carbocycles. The van der Waals surface area contributed by atoms with Crippen LogP contribution >= 0.6 is 11.8 Å². The van der Waals surface area contributed by atoms with E-state index < -0.39 is 5.25 Å². The van der Waals surface area contributed by atoms with E-state index in [-0.39, 0.29) is 11.7 Å². The number of nitrogens with one attached hydrogen (secondary N) is 1. The Bertz CT molecular complexity index is 977. The van der Waals surface area contributed by atoms with Crippen LogP contribution < -0.4 is 10.1 Å². The molecule has 0 fully saturated rings. The molecule has 29 heavy (non-hydrogen) atoms. The molecule has 0 saturated carbocycles. The minimum Gasteiger partial charge on any atom is -0.494 e. The lowest BCUT2D eigenvalue weighted by atomic mass is 10.1. The van der Waals surface area contributed by atoms with Gasteiger partial charge in [0, 0.05) is 6.54 Å². The molecule has 1 amide bonds. The number of ether oxygens (including phenoxy) is 1. The van der Waals surface area contributed by atoms with Gasteiger partial charge in [0.2, 0.25) is 11.1 Å². The average molecular weight is 415 g/mol. The zero-order valence-corrected chi connectivity index (χ0v) is 17.2. The highest BCUT2D eigenvalue weighted by molar-refractivity contribution is 8.00. The maximum Gasteiger partial charge on any atom is 0.233 e. The quantitative estimate of drug-likeness (QED) is 0.570. The predicted molar refractivity (Wildman–Crippen MR) is 109 cm³/mol. The summed E-state index contributed by atoms with van der Waals surface area (Å²) in [6, 6.07) is 12.0. The van der Waals surface area contributed by atoms with Crippen molar-refractivity contribution in [3.63, 3.8) is 0 Å². The van der Waals surface area contributed by atoms with Crippen LogP contribution in [0.5, 0.6) is 5.75 Å². The second kappa shape index (κ2) is 9.51. The van der Waals surface area contributed by atoms with Crippen LogP contribution in [0.3, 0.4) is 0 Å². The number of benzene rings is 2. The third-order valence-electron chi connectivity index (χ3n) is 4.28. The van der Waals surface area contributed by atoms with E-state index in [0.29, 0.717) is 29.6 Å². The van der Waals surface area contributed by atoms with E-state index in [4.69, 9.17) is 4.74 Å². The molecule has 2 aromatic carbocycles. The lowest BCUT2D eigenvalue weighted by molar-refractivity contribution is -0.120. The smallest absolute Gasteiger partial charge is 0.233 e. The number of nitrogens with zero attached hydrogens (tertiary/aromatic N) is 4. The molecule has 0 bridgehead atoms. The zero-order valence-electron chi connectivity index (χ0n) is 16.4. The summed E-state index contributed by atoms with van der Waals surface area (Å²) >= 11 is 1.26. The molecule has 7 nitrogen and oxygen atoms in total. The number of rotatable bonds is 8. The minimum absolute atomic E-state index is 0.122. The Morgan fingerprint density at radius 3 is 2.76 bits per heavy atom. The van der Waals surface area contributed by atoms with E-state index in [1.165, 1.54) is 23.9 Å². The Hall–Kier alpha value is -2.94. The van der Waals surface area contributed by atoms with E-state index in [9.17, 15) is 9.18 Å². The van der Waals surface area contributed by atoms with Crippen LogP contribution in [-0.4, -0.2) is 45.0 Å². The van der Waals surface area contributed by atoms with Gasteiger partial charge in [-0.3, -0.25) is 4.79 Å². The second-order valence-corrected chi connectivity index (χ2v) is 7.78. The molecule has 0 spiro atoms. The normalized spacial score (nSPS) is 11.9. The zero-order chi connectivity index (χ0) is 20.8. The van der Waals surface area contributed by atoms with Gasteiger partial charge in [-0.1, -0.05) is 30.0 Å². The highest BCUT2D eigenvalue weighted by Gasteiger charge is 2.20. The van der Waals surface area contributed by atoms with Gasteiger partial charge in [-0.05, 0) is 66.1 Å². The average Bonchev–Trinajstić information content (AvgIpc) is 3.17. The molecule has 0 unspecified atom stereocenters. The topological polar surface area (TPSA) is 81.9 Å². The molecule has 0 saturated heterocycles. The summed E-state index contributed by atoms with van der Waals surface area (Å²) in [7, 11) is 1.59. The summed E-state index contributed by atoms with van der Waals surface area (Å²) in [6.45, 7) is 4.23. The molecule has 3 rings (SSSR count). The molecular formula is C20H22FN5O2S. The third kappa shape index (κ3) is 5.32. The van der Waals surface area contributed by atoms with Crippen molar-refractivity contribution in [2.75, 3.05) is 13.7 Å².